The molecule has 0 bridgehead atoms. The van der Waals surface area contributed by atoms with Gasteiger partial charge < -0.3 is 10.2 Å². The molecule has 0 spiro atoms. The van der Waals surface area contributed by atoms with Gasteiger partial charge >= 0.3 is 0 Å². The van der Waals surface area contributed by atoms with Gasteiger partial charge in [-0.25, -0.2) is 0 Å². The maximum absolute atomic E-state index is 12.8. The van der Waals surface area contributed by atoms with E-state index in [2.05, 4.69) is 26.1 Å². The van der Waals surface area contributed by atoms with Gasteiger partial charge in [-0.15, -0.1) is 0 Å². The zero-order valence-electron chi connectivity index (χ0n) is 12.5. The van der Waals surface area contributed by atoms with E-state index in [1.165, 1.54) is 0 Å². The molecule has 0 radical (unpaired) electrons. The number of carbonyl (C=O) groups is 2. The van der Waals surface area contributed by atoms with Crippen molar-refractivity contribution < 1.29 is 9.59 Å². The molecule has 1 heterocycles. The lowest BCUT2D eigenvalue weighted by Crippen LogP contribution is -2.69. The molecule has 2 amide bonds. The number of hydrogen-bond acceptors (Lipinski definition) is 2. The first-order valence-electron chi connectivity index (χ1n) is 7.62. The zero-order chi connectivity index (χ0) is 14.2. The molecule has 0 aromatic heterocycles. The number of nitrogens with zero attached hydrogens (tertiary/aromatic N) is 1. The van der Waals surface area contributed by atoms with E-state index < -0.39 is 0 Å². The van der Waals surface area contributed by atoms with E-state index >= 15 is 0 Å². The van der Waals surface area contributed by atoms with Crippen LogP contribution in [0.4, 0.5) is 0 Å². The third-order valence-corrected chi connectivity index (χ3v) is 5.00. The van der Waals surface area contributed by atoms with Crippen LogP contribution < -0.4 is 5.32 Å². The Morgan fingerprint density at radius 3 is 2.21 bits per heavy atom. The quantitative estimate of drug-likeness (QED) is 0.828. The van der Waals surface area contributed by atoms with Crippen LogP contribution in [0.25, 0.3) is 0 Å². The van der Waals surface area contributed by atoms with Crippen LogP contribution >= 0.6 is 0 Å². The summed E-state index contributed by atoms with van der Waals surface area (Å²) < 4.78 is 0. The topological polar surface area (TPSA) is 49.4 Å². The van der Waals surface area contributed by atoms with Gasteiger partial charge in [-0.05, 0) is 44.9 Å². The van der Waals surface area contributed by atoms with Gasteiger partial charge in [0, 0.05) is 5.54 Å². The fourth-order valence-corrected chi connectivity index (χ4v) is 3.08. The fourth-order valence-electron chi connectivity index (χ4n) is 3.08. The minimum absolute atomic E-state index is 0.0344. The third-order valence-electron chi connectivity index (χ3n) is 5.00. The van der Waals surface area contributed by atoms with E-state index in [-0.39, 0.29) is 29.4 Å². The SMILES string of the molecule is CCC1C(=O)NC(C2CC2)C(=O)N1C(C)(CC)CC. The summed E-state index contributed by atoms with van der Waals surface area (Å²) in [7, 11) is 0. The van der Waals surface area contributed by atoms with Crippen LogP contribution in [0.5, 0.6) is 0 Å². The van der Waals surface area contributed by atoms with Crippen molar-refractivity contribution in [3.63, 3.8) is 0 Å². The Bertz CT molecular complexity index is 372. The average molecular weight is 266 g/mol. The Morgan fingerprint density at radius 2 is 1.79 bits per heavy atom. The van der Waals surface area contributed by atoms with E-state index in [9.17, 15) is 9.59 Å². The van der Waals surface area contributed by atoms with Crippen molar-refractivity contribution in [2.75, 3.05) is 0 Å². The summed E-state index contributed by atoms with van der Waals surface area (Å²) in [5.41, 5.74) is -0.206. The second kappa shape index (κ2) is 5.14. The summed E-state index contributed by atoms with van der Waals surface area (Å²) in [4.78, 5) is 27.0. The summed E-state index contributed by atoms with van der Waals surface area (Å²) in [6, 6.07) is -0.569. The Morgan fingerprint density at radius 1 is 1.21 bits per heavy atom. The van der Waals surface area contributed by atoms with Crippen molar-refractivity contribution in [3.05, 3.63) is 0 Å². The summed E-state index contributed by atoms with van der Waals surface area (Å²) in [5, 5.41) is 2.95. The molecular weight excluding hydrogens is 240 g/mol. The van der Waals surface area contributed by atoms with Gasteiger partial charge in [0.2, 0.25) is 11.8 Å². The summed E-state index contributed by atoms with van der Waals surface area (Å²) in [6.07, 6.45) is 4.59. The fraction of sp³-hybridized carbons (Fsp3) is 0.867. The molecule has 1 aliphatic heterocycles. The lowest BCUT2D eigenvalue weighted by atomic mass is 9.87. The van der Waals surface area contributed by atoms with Crippen LogP contribution in [0, 0.1) is 5.92 Å². The van der Waals surface area contributed by atoms with E-state index in [1.54, 1.807) is 0 Å². The highest BCUT2D eigenvalue weighted by atomic mass is 16.2. The van der Waals surface area contributed by atoms with Crippen LogP contribution in [-0.4, -0.2) is 34.3 Å². The van der Waals surface area contributed by atoms with E-state index in [1.807, 2.05) is 11.8 Å². The van der Waals surface area contributed by atoms with Crippen molar-refractivity contribution in [1.82, 2.24) is 10.2 Å². The molecule has 1 saturated carbocycles. The molecule has 4 nitrogen and oxygen atoms in total. The van der Waals surface area contributed by atoms with Crippen molar-refractivity contribution >= 4 is 11.8 Å². The lowest BCUT2D eigenvalue weighted by molar-refractivity contribution is -0.158. The minimum atomic E-state index is -0.299. The van der Waals surface area contributed by atoms with Crippen molar-refractivity contribution in [2.24, 2.45) is 5.92 Å². The summed E-state index contributed by atoms with van der Waals surface area (Å²) in [5.74, 6) is 0.544. The first kappa shape index (κ1) is 14.4. The maximum Gasteiger partial charge on any atom is 0.246 e. The molecule has 108 valence electrons. The number of hydrogen-bond donors (Lipinski definition) is 1. The largest absolute Gasteiger partial charge is 0.342 e. The molecule has 0 aromatic rings. The van der Waals surface area contributed by atoms with Crippen LogP contribution in [0.2, 0.25) is 0 Å². The molecule has 4 heteroatoms. The highest BCUT2D eigenvalue weighted by molar-refractivity contribution is 5.97. The van der Waals surface area contributed by atoms with Crippen LogP contribution in [0.1, 0.15) is 59.8 Å². The molecule has 2 unspecified atom stereocenters. The molecular formula is C15H26N2O2. The standard InChI is InChI=1S/C15H26N2O2/c1-5-11-13(18)16-12(10-8-9-10)14(19)17(11)15(4,6-2)7-3/h10-12H,5-9H2,1-4H3,(H,16,18). The Balaban J connectivity index is 2.33. The number of rotatable bonds is 5. The molecule has 1 N–H and O–H groups in total. The maximum atomic E-state index is 12.8. The molecule has 2 fully saturated rings. The highest BCUT2D eigenvalue weighted by Crippen LogP contribution is 2.38. The summed E-state index contributed by atoms with van der Waals surface area (Å²) in [6.45, 7) is 8.29. The molecule has 2 atom stereocenters. The predicted molar refractivity (Wildman–Crippen MR) is 74.6 cm³/mol. The molecule has 0 aromatic carbocycles. The van der Waals surface area contributed by atoms with Gasteiger partial charge in [-0.3, -0.25) is 9.59 Å². The Labute approximate surface area is 115 Å². The van der Waals surface area contributed by atoms with Crippen LogP contribution in [0.3, 0.4) is 0 Å². The van der Waals surface area contributed by atoms with Gasteiger partial charge in [0.15, 0.2) is 0 Å². The van der Waals surface area contributed by atoms with Gasteiger partial charge in [0.05, 0.1) is 0 Å². The summed E-state index contributed by atoms with van der Waals surface area (Å²) >= 11 is 0. The van der Waals surface area contributed by atoms with Crippen molar-refractivity contribution in [2.45, 2.75) is 77.4 Å². The molecule has 1 saturated heterocycles. The van der Waals surface area contributed by atoms with Gasteiger partial charge in [0.1, 0.15) is 12.1 Å². The molecule has 1 aliphatic carbocycles. The molecule has 2 rings (SSSR count). The van der Waals surface area contributed by atoms with E-state index in [4.69, 9.17) is 0 Å². The van der Waals surface area contributed by atoms with Gasteiger partial charge in [-0.1, -0.05) is 20.8 Å². The first-order chi connectivity index (χ1) is 8.98. The molecule has 2 aliphatic rings. The van der Waals surface area contributed by atoms with Gasteiger partial charge in [-0.2, -0.15) is 0 Å². The number of piperazine rings is 1. The second-order valence-electron chi connectivity index (χ2n) is 6.16. The predicted octanol–water partition coefficient (Wildman–Crippen LogP) is 2.08. The van der Waals surface area contributed by atoms with E-state index in [0.29, 0.717) is 12.3 Å². The second-order valence-corrected chi connectivity index (χ2v) is 6.16. The third kappa shape index (κ3) is 2.37. The Kier molecular flexibility index (Phi) is 3.88. The highest BCUT2D eigenvalue weighted by Gasteiger charge is 2.50. The van der Waals surface area contributed by atoms with Gasteiger partial charge in [0.25, 0.3) is 0 Å². The minimum Gasteiger partial charge on any atom is -0.342 e. The average Bonchev–Trinajstić information content (AvgIpc) is 3.24. The Hall–Kier alpha value is -1.06. The smallest absolute Gasteiger partial charge is 0.246 e. The zero-order valence-corrected chi connectivity index (χ0v) is 12.5. The normalized spacial score (nSPS) is 28.5. The first-order valence-corrected chi connectivity index (χ1v) is 7.62. The van der Waals surface area contributed by atoms with Crippen LogP contribution in [-0.2, 0) is 9.59 Å². The van der Waals surface area contributed by atoms with Crippen LogP contribution in [0.15, 0.2) is 0 Å². The lowest BCUT2D eigenvalue weighted by Gasteiger charge is -2.49. The monoisotopic (exact) mass is 266 g/mol. The van der Waals surface area contributed by atoms with Crippen molar-refractivity contribution in [1.29, 1.82) is 0 Å². The van der Waals surface area contributed by atoms with Crippen molar-refractivity contribution in [3.8, 4) is 0 Å². The number of carbonyl (C=O) groups excluding carboxylic acids is 2. The number of amides is 2. The number of nitrogens with one attached hydrogen (secondary N) is 1. The molecule has 19 heavy (non-hydrogen) atoms. The van der Waals surface area contributed by atoms with E-state index in [0.717, 1.165) is 25.7 Å².